The number of pyridine rings is 1. The Bertz CT molecular complexity index is 701. The average molecular weight is 308 g/mol. The topological polar surface area (TPSA) is 25.4 Å². The predicted octanol–water partition coefficient (Wildman–Crippen LogP) is 2.75. The fraction of sp³-hybridized carbons (Fsp3) is 0.267. The zero-order valence-electron chi connectivity index (χ0n) is 11.6. The van der Waals surface area contributed by atoms with E-state index in [2.05, 4.69) is 4.98 Å². The number of epoxide rings is 1. The van der Waals surface area contributed by atoms with Crippen LogP contribution in [0.15, 0.2) is 36.5 Å². The molecule has 0 spiro atoms. The van der Waals surface area contributed by atoms with E-state index in [9.17, 15) is 17.6 Å². The lowest BCUT2D eigenvalue weighted by Crippen LogP contribution is -2.35. The summed E-state index contributed by atoms with van der Waals surface area (Å²) in [5.74, 6) is -5.42. The highest BCUT2D eigenvalue weighted by molar-refractivity contribution is 6.51. The van der Waals surface area contributed by atoms with Crippen molar-refractivity contribution in [3.8, 4) is 0 Å². The molecule has 1 aromatic carbocycles. The largest absolute Gasteiger partial charge is 0.357 e. The molecule has 22 heavy (non-hydrogen) atoms. The summed E-state index contributed by atoms with van der Waals surface area (Å²) in [7, 11) is 1.72. The summed E-state index contributed by atoms with van der Waals surface area (Å²) in [4.78, 5) is 3.74. The third-order valence-electron chi connectivity index (χ3n) is 3.75. The standard InChI is InChI=1S/C15H11BF4NO/c1-16-9-2-5-13(21-7-9)15(19,20)14(8-22-14)11-4-3-10(17)6-12(11)18/h2-7H,8H2,1H3. The molecule has 1 fully saturated rings. The first-order chi connectivity index (χ1) is 10.4. The summed E-state index contributed by atoms with van der Waals surface area (Å²) < 4.78 is 61.2. The smallest absolute Gasteiger partial charge is 0.324 e. The van der Waals surface area contributed by atoms with Crippen LogP contribution >= 0.6 is 0 Å². The minimum Gasteiger partial charge on any atom is -0.357 e. The maximum atomic E-state index is 14.7. The van der Waals surface area contributed by atoms with E-state index in [1.54, 1.807) is 14.1 Å². The van der Waals surface area contributed by atoms with Crippen molar-refractivity contribution in [2.75, 3.05) is 6.61 Å². The molecule has 1 atom stereocenters. The summed E-state index contributed by atoms with van der Waals surface area (Å²) in [6, 6.07) is 5.16. The van der Waals surface area contributed by atoms with Gasteiger partial charge in [-0.2, -0.15) is 8.78 Å². The van der Waals surface area contributed by atoms with E-state index >= 15 is 0 Å². The van der Waals surface area contributed by atoms with Gasteiger partial charge in [0, 0.05) is 17.8 Å². The number of benzene rings is 1. The molecule has 2 nitrogen and oxygen atoms in total. The second-order valence-electron chi connectivity index (χ2n) is 5.08. The van der Waals surface area contributed by atoms with Crippen molar-refractivity contribution in [3.05, 3.63) is 59.4 Å². The van der Waals surface area contributed by atoms with Crippen LogP contribution in [0.4, 0.5) is 17.6 Å². The first-order valence-electron chi connectivity index (χ1n) is 6.64. The van der Waals surface area contributed by atoms with Crippen molar-refractivity contribution in [1.29, 1.82) is 0 Å². The van der Waals surface area contributed by atoms with Crippen LogP contribution in [-0.4, -0.2) is 18.9 Å². The van der Waals surface area contributed by atoms with Crippen LogP contribution in [0, 0.1) is 11.6 Å². The van der Waals surface area contributed by atoms with Gasteiger partial charge in [-0.25, -0.2) is 8.78 Å². The number of ether oxygens (including phenoxy) is 1. The number of hydrogen-bond donors (Lipinski definition) is 0. The van der Waals surface area contributed by atoms with E-state index in [-0.39, 0.29) is 12.2 Å². The third-order valence-corrected chi connectivity index (χ3v) is 3.75. The highest BCUT2D eigenvalue weighted by Gasteiger charge is 2.68. The van der Waals surface area contributed by atoms with E-state index in [4.69, 9.17) is 4.74 Å². The van der Waals surface area contributed by atoms with Crippen LogP contribution in [0.25, 0.3) is 0 Å². The molecular formula is C15H11BF4NO. The third kappa shape index (κ3) is 2.20. The first-order valence-corrected chi connectivity index (χ1v) is 6.64. The number of hydrogen-bond acceptors (Lipinski definition) is 2. The Kier molecular flexibility index (Phi) is 3.47. The highest BCUT2D eigenvalue weighted by atomic mass is 19.3. The normalized spacial score (nSPS) is 20.8. The Labute approximate surface area is 125 Å². The quantitative estimate of drug-likeness (QED) is 0.493. The zero-order chi connectivity index (χ0) is 16.0. The van der Waals surface area contributed by atoms with Gasteiger partial charge in [0.05, 0.1) is 6.61 Å². The van der Waals surface area contributed by atoms with E-state index in [1.807, 2.05) is 0 Å². The lowest BCUT2D eigenvalue weighted by molar-refractivity contribution is -0.0901. The maximum absolute atomic E-state index is 14.7. The predicted molar refractivity (Wildman–Crippen MR) is 73.4 cm³/mol. The molecule has 0 saturated carbocycles. The van der Waals surface area contributed by atoms with E-state index in [0.717, 1.165) is 12.1 Å². The van der Waals surface area contributed by atoms with E-state index in [1.165, 1.54) is 18.3 Å². The molecular weight excluding hydrogens is 297 g/mol. The van der Waals surface area contributed by atoms with Gasteiger partial charge in [0.1, 0.15) is 24.6 Å². The maximum Gasteiger partial charge on any atom is 0.324 e. The number of aromatic nitrogens is 1. The summed E-state index contributed by atoms with van der Waals surface area (Å²) in [6.45, 7) is 1.40. The Morgan fingerprint density at radius 2 is 1.95 bits per heavy atom. The summed E-state index contributed by atoms with van der Waals surface area (Å²) in [5, 5.41) is 0. The second kappa shape index (κ2) is 5.09. The molecule has 0 bridgehead atoms. The van der Waals surface area contributed by atoms with Crippen LogP contribution in [0.5, 0.6) is 0 Å². The van der Waals surface area contributed by atoms with Gasteiger partial charge in [-0.1, -0.05) is 18.4 Å². The van der Waals surface area contributed by atoms with Gasteiger partial charge in [0.15, 0.2) is 5.60 Å². The number of alkyl halides is 2. The summed E-state index contributed by atoms with van der Waals surface area (Å²) in [6.07, 6.45) is 1.31. The van der Waals surface area contributed by atoms with Gasteiger partial charge >= 0.3 is 5.92 Å². The Balaban J connectivity index is 2.03. The van der Waals surface area contributed by atoms with Crippen molar-refractivity contribution in [3.63, 3.8) is 0 Å². The Morgan fingerprint density at radius 3 is 2.45 bits per heavy atom. The molecule has 1 radical (unpaired) electrons. The monoisotopic (exact) mass is 308 g/mol. The molecule has 1 aliphatic rings. The van der Waals surface area contributed by atoms with Gasteiger partial charge in [-0.15, -0.1) is 0 Å². The van der Waals surface area contributed by atoms with Crippen LogP contribution < -0.4 is 5.46 Å². The van der Waals surface area contributed by atoms with Crippen LogP contribution in [0.1, 0.15) is 11.3 Å². The first kappa shape index (κ1) is 15.0. The molecule has 113 valence electrons. The molecule has 2 aromatic rings. The SMILES string of the molecule is C[B]c1ccc(C(F)(F)C2(c3ccc(F)cc3F)CO2)nc1. The molecule has 7 heteroatoms. The van der Waals surface area contributed by atoms with E-state index in [0.29, 0.717) is 11.5 Å². The van der Waals surface area contributed by atoms with Crippen molar-refractivity contribution in [2.45, 2.75) is 18.3 Å². The fourth-order valence-electron chi connectivity index (χ4n) is 2.36. The fourth-order valence-corrected chi connectivity index (χ4v) is 2.36. The molecule has 1 aliphatic heterocycles. The highest BCUT2D eigenvalue weighted by Crippen LogP contribution is 2.56. The minimum atomic E-state index is -3.53. The summed E-state index contributed by atoms with van der Waals surface area (Å²) in [5.41, 5.74) is -2.32. The van der Waals surface area contributed by atoms with Crippen LogP contribution in [0.2, 0.25) is 6.82 Å². The molecule has 3 rings (SSSR count). The number of halogens is 4. The van der Waals surface area contributed by atoms with Crippen molar-refractivity contribution >= 4 is 12.7 Å². The lowest BCUT2D eigenvalue weighted by Gasteiger charge is -2.24. The number of rotatable bonds is 4. The van der Waals surface area contributed by atoms with Gasteiger partial charge in [-0.3, -0.25) is 4.98 Å². The summed E-state index contributed by atoms with van der Waals surface area (Å²) >= 11 is 0. The molecule has 1 unspecified atom stereocenters. The van der Waals surface area contributed by atoms with E-state index < -0.39 is 28.9 Å². The van der Waals surface area contributed by atoms with Crippen LogP contribution in [-0.2, 0) is 16.3 Å². The number of nitrogens with zero attached hydrogens (tertiary/aromatic N) is 1. The van der Waals surface area contributed by atoms with Gasteiger partial charge in [0.2, 0.25) is 0 Å². The van der Waals surface area contributed by atoms with Crippen molar-refractivity contribution < 1.29 is 22.3 Å². The van der Waals surface area contributed by atoms with Gasteiger partial charge in [0.25, 0.3) is 0 Å². The Hall–Kier alpha value is -1.89. The van der Waals surface area contributed by atoms with Crippen molar-refractivity contribution in [2.24, 2.45) is 0 Å². The molecule has 0 amide bonds. The molecule has 0 aliphatic carbocycles. The molecule has 0 N–H and O–H groups in total. The Morgan fingerprint density at radius 1 is 1.23 bits per heavy atom. The van der Waals surface area contributed by atoms with Gasteiger partial charge < -0.3 is 4.74 Å². The average Bonchev–Trinajstić information content (AvgIpc) is 3.29. The molecule has 1 saturated heterocycles. The lowest BCUT2D eigenvalue weighted by atomic mass is 9.74. The second-order valence-corrected chi connectivity index (χ2v) is 5.08. The van der Waals surface area contributed by atoms with Crippen molar-refractivity contribution in [1.82, 2.24) is 4.98 Å². The zero-order valence-corrected chi connectivity index (χ0v) is 11.6. The van der Waals surface area contributed by atoms with Crippen LogP contribution in [0.3, 0.4) is 0 Å². The molecule has 2 heterocycles. The van der Waals surface area contributed by atoms with Gasteiger partial charge in [-0.05, 0) is 18.2 Å². The molecule has 1 aromatic heterocycles. The minimum absolute atomic E-state index is 0.355.